The Morgan fingerprint density at radius 3 is 2.30 bits per heavy atom. The molecular formula is C12H17F2N3O3. The average molecular weight is 289 g/mol. The van der Waals surface area contributed by atoms with Crippen molar-refractivity contribution in [3.05, 3.63) is 33.9 Å². The van der Waals surface area contributed by atoms with E-state index < -0.39 is 33.5 Å². The van der Waals surface area contributed by atoms with Gasteiger partial charge in [-0.05, 0) is 21.0 Å². The quantitative estimate of drug-likeness (QED) is 0.614. The molecule has 0 heterocycles. The van der Waals surface area contributed by atoms with Crippen LogP contribution in [0, 0.1) is 21.7 Å². The lowest BCUT2D eigenvalue weighted by Crippen LogP contribution is -2.43. The van der Waals surface area contributed by atoms with Crippen LogP contribution in [0.4, 0.5) is 20.2 Å². The van der Waals surface area contributed by atoms with Crippen molar-refractivity contribution in [2.45, 2.75) is 12.5 Å². The molecule has 0 saturated carbocycles. The molecule has 1 aromatic rings. The van der Waals surface area contributed by atoms with Crippen molar-refractivity contribution < 1.29 is 18.8 Å². The van der Waals surface area contributed by atoms with E-state index in [0.717, 1.165) is 0 Å². The summed E-state index contributed by atoms with van der Waals surface area (Å²) in [5.74, 6) is -2.14. The topological polar surface area (TPSA) is 78.6 Å². The zero-order chi connectivity index (χ0) is 15.5. The molecule has 0 amide bonds. The molecule has 0 aliphatic heterocycles. The minimum Gasteiger partial charge on any atom is -0.387 e. The summed E-state index contributed by atoms with van der Waals surface area (Å²) in [5, 5.41) is 22.9. The number of nitro groups is 1. The van der Waals surface area contributed by atoms with E-state index in [4.69, 9.17) is 0 Å². The van der Waals surface area contributed by atoms with E-state index in [1.54, 1.807) is 19.0 Å². The van der Waals surface area contributed by atoms with Gasteiger partial charge >= 0.3 is 0 Å². The number of hydrogen-bond donors (Lipinski definition) is 2. The van der Waals surface area contributed by atoms with Crippen molar-refractivity contribution in [1.82, 2.24) is 4.90 Å². The SMILES string of the molecule is CN(C)CC(C)(O)CNc1c(F)cc([N+](=O)[O-])cc1F. The number of rotatable bonds is 6. The van der Waals surface area contributed by atoms with Gasteiger partial charge in [0.2, 0.25) is 0 Å². The van der Waals surface area contributed by atoms with Gasteiger partial charge in [0.25, 0.3) is 5.69 Å². The lowest BCUT2D eigenvalue weighted by atomic mass is 10.1. The molecule has 20 heavy (non-hydrogen) atoms. The molecule has 2 N–H and O–H groups in total. The van der Waals surface area contributed by atoms with E-state index in [1.165, 1.54) is 6.92 Å². The molecule has 0 spiro atoms. The summed E-state index contributed by atoms with van der Waals surface area (Å²) in [4.78, 5) is 11.3. The van der Waals surface area contributed by atoms with E-state index in [1.807, 2.05) is 0 Å². The summed E-state index contributed by atoms with van der Waals surface area (Å²) in [5.41, 5.74) is -2.36. The molecule has 1 unspecified atom stereocenters. The van der Waals surface area contributed by atoms with Crippen molar-refractivity contribution in [2.75, 3.05) is 32.5 Å². The van der Waals surface area contributed by atoms with Crippen LogP contribution in [0.15, 0.2) is 12.1 Å². The second-order valence-corrected chi connectivity index (χ2v) is 5.13. The van der Waals surface area contributed by atoms with E-state index in [-0.39, 0.29) is 13.1 Å². The Balaban J connectivity index is 2.86. The summed E-state index contributed by atoms with van der Waals surface area (Å²) in [6.07, 6.45) is 0. The number of halogens is 2. The van der Waals surface area contributed by atoms with Crippen molar-refractivity contribution >= 4 is 11.4 Å². The van der Waals surface area contributed by atoms with Gasteiger partial charge in [0, 0.05) is 13.1 Å². The number of aliphatic hydroxyl groups is 1. The number of hydrogen-bond acceptors (Lipinski definition) is 5. The van der Waals surface area contributed by atoms with Crippen molar-refractivity contribution in [3.8, 4) is 0 Å². The lowest BCUT2D eigenvalue weighted by molar-refractivity contribution is -0.385. The number of likely N-dealkylation sites (N-methyl/N-ethyl adjacent to an activating group) is 1. The predicted molar refractivity (Wildman–Crippen MR) is 70.7 cm³/mol. The maximum atomic E-state index is 13.6. The zero-order valence-corrected chi connectivity index (χ0v) is 11.5. The van der Waals surface area contributed by atoms with Crippen LogP contribution in [0.1, 0.15) is 6.92 Å². The second kappa shape index (κ2) is 6.10. The Morgan fingerprint density at radius 2 is 1.90 bits per heavy atom. The van der Waals surface area contributed by atoms with Crippen molar-refractivity contribution in [1.29, 1.82) is 0 Å². The molecule has 0 radical (unpaired) electrons. The largest absolute Gasteiger partial charge is 0.387 e. The summed E-state index contributed by atoms with van der Waals surface area (Å²) in [6, 6.07) is 1.26. The molecule has 6 nitrogen and oxygen atoms in total. The molecule has 1 atom stereocenters. The van der Waals surface area contributed by atoms with Crippen molar-refractivity contribution in [3.63, 3.8) is 0 Å². The van der Waals surface area contributed by atoms with Gasteiger partial charge in [-0.1, -0.05) is 0 Å². The summed E-state index contributed by atoms with van der Waals surface area (Å²) < 4.78 is 27.2. The van der Waals surface area contributed by atoms with Gasteiger partial charge in [-0.15, -0.1) is 0 Å². The number of nitrogens with zero attached hydrogens (tertiary/aromatic N) is 2. The first-order valence-corrected chi connectivity index (χ1v) is 5.87. The first-order valence-electron chi connectivity index (χ1n) is 5.87. The maximum absolute atomic E-state index is 13.6. The molecule has 0 aliphatic rings. The third kappa shape index (κ3) is 4.39. The van der Waals surface area contributed by atoms with E-state index in [2.05, 4.69) is 5.32 Å². The van der Waals surface area contributed by atoms with Gasteiger partial charge in [0.15, 0.2) is 11.6 Å². The van der Waals surface area contributed by atoms with E-state index in [0.29, 0.717) is 12.1 Å². The molecular weight excluding hydrogens is 272 g/mol. The van der Waals surface area contributed by atoms with Crippen LogP contribution in [-0.4, -0.2) is 47.7 Å². The van der Waals surface area contributed by atoms with Gasteiger partial charge in [-0.25, -0.2) is 8.78 Å². The number of anilines is 1. The van der Waals surface area contributed by atoms with Crippen LogP contribution in [0.25, 0.3) is 0 Å². The highest BCUT2D eigenvalue weighted by molar-refractivity contribution is 5.51. The van der Waals surface area contributed by atoms with Gasteiger partial charge in [-0.2, -0.15) is 0 Å². The number of nitrogens with one attached hydrogen (secondary N) is 1. The molecule has 0 fully saturated rings. The first kappa shape index (κ1) is 16.3. The van der Waals surface area contributed by atoms with Crippen LogP contribution in [0.5, 0.6) is 0 Å². The minimum atomic E-state index is -1.20. The second-order valence-electron chi connectivity index (χ2n) is 5.13. The fourth-order valence-electron chi connectivity index (χ4n) is 1.85. The number of non-ortho nitro benzene ring substituents is 1. The smallest absolute Gasteiger partial charge is 0.275 e. The lowest BCUT2D eigenvalue weighted by Gasteiger charge is -2.27. The average Bonchev–Trinajstić information content (AvgIpc) is 2.25. The molecule has 0 bridgehead atoms. The van der Waals surface area contributed by atoms with Gasteiger partial charge < -0.3 is 15.3 Å². The third-order valence-electron chi connectivity index (χ3n) is 2.54. The van der Waals surface area contributed by atoms with Gasteiger partial charge in [0.05, 0.1) is 22.7 Å². The minimum absolute atomic E-state index is 0.100. The summed E-state index contributed by atoms with van der Waals surface area (Å²) >= 11 is 0. The zero-order valence-electron chi connectivity index (χ0n) is 11.5. The van der Waals surface area contributed by atoms with E-state index in [9.17, 15) is 24.0 Å². The Kier molecular flexibility index (Phi) is 4.96. The monoisotopic (exact) mass is 289 g/mol. The summed E-state index contributed by atoms with van der Waals surface area (Å²) in [6.45, 7) is 1.70. The first-order chi connectivity index (χ1) is 9.12. The van der Waals surface area contributed by atoms with Crippen LogP contribution in [-0.2, 0) is 0 Å². The fraction of sp³-hybridized carbons (Fsp3) is 0.500. The Bertz CT molecular complexity index is 484. The molecule has 112 valence electrons. The Labute approximate surface area is 115 Å². The normalized spacial score (nSPS) is 14.2. The Hall–Kier alpha value is -1.80. The van der Waals surface area contributed by atoms with Crippen LogP contribution >= 0.6 is 0 Å². The van der Waals surface area contributed by atoms with Crippen molar-refractivity contribution in [2.24, 2.45) is 0 Å². The van der Waals surface area contributed by atoms with Crippen LogP contribution in [0.2, 0.25) is 0 Å². The molecule has 0 saturated heterocycles. The standard InChI is InChI=1S/C12H17F2N3O3/c1-12(18,7-16(2)3)6-15-11-9(13)4-8(17(19)20)5-10(11)14/h4-5,15,18H,6-7H2,1-3H3. The maximum Gasteiger partial charge on any atom is 0.275 e. The fourth-order valence-corrected chi connectivity index (χ4v) is 1.85. The molecule has 0 aliphatic carbocycles. The van der Waals surface area contributed by atoms with E-state index >= 15 is 0 Å². The Morgan fingerprint density at radius 1 is 1.40 bits per heavy atom. The number of benzene rings is 1. The third-order valence-corrected chi connectivity index (χ3v) is 2.54. The molecule has 1 aromatic carbocycles. The predicted octanol–water partition coefficient (Wildman–Crippen LogP) is 1.60. The summed E-state index contributed by atoms with van der Waals surface area (Å²) in [7, 11) is 3.50. The molecule has 8 heteroatoms. The van der Waals surface area contributed by atoms with Crippen LogP contribution < -0.4 is 5.32 Å². The molecule has 1 rings (SSSR count). The highest BCUT2D eigenvalue weighted by Gasteiger charge is 2.23. The van der Waals surface area contributed by atoms with Crippen LogP contribution in [0.3, 0.4) is 0 Å². The van der Waals surface area contributed by atoms with Gasteiger partial charge in [-0.3, -0.25) is 10.1 Å². The highest BCUT2D eigenvalue weighted by atomic mass is 19.1. The van der Waals surface area contributed by atoms with Gasteiger partial charge in [0.1, 0.15) is 5.69 Å². The number of nitro benzene ring substituents is 1. The highest BCUT2D eigenvalue weighted by Crippen LogP contribution is 2.25. The molecule has 0 aromatic heterocycles.